The number of halogens is 2. The Morgan fingerprint density at radius 1 is 1.08 bits per heavy atom. The van der Waals surface area contributed by atoms with Crippen LogP contribution in [0.5, 0.6) is 0 Å². The van der Waals surface area contributed by atoms with Gasteiger partial charge in [0, 0.05) is 6.61 Å². The summed E-state index contributed by atoms with van der Waals surface area (Å²) in [5.74, 6) is 0.393. The molecule has 4 heteroatoms. The first-order chi connectivity index (χ1) is 10.6. The van der Waals surface area contributed by atoms with E-state index in [9.17, 15) is 0 Å². The minimum Gasteiger partial charge on any atom is -1.00 e. The van der Waals surface area contributed by atoms with Gasteiger partial charge in [-0.1, -0.05) is 30.3 Å². The fourth-order valence-electron chi connectivity index (χ4n) is 2.80. The van der Waals surface area contributed by atoms with Crippen molar-refractivity contribution in [3.05, 3.63) is 71.3 Å². The zero-order valence-corrected chi connectivity index (χ0v) is 18.1. The molecule has 0 aliphatic heterocycles. The number of rotatable bonds is 4. The summed E-state index contributed by atoms with van der Waals surface area (Å²) in [5.41, 5.74) is 5.50. The van der Waals surface area contributed by atoms with Crippen molar-refractivity contribution in [2.24, 2.45) is 0 Å². The van der Waals surface area contributed by atoms with E-state index in [1.807, 2.05) is 0 Å². The second-order valence-corrected chi connectivity index (χ2v) is 8.26. The number of aliphatic hydroxyl groups is 1. The van der Waals surface area contributed by atoms with Crippen LogP contribution in [-0.4, -0.2) is 14.9 Å². The predicted molar refractivity (Wildman–Crippen MR) is 91.0 cm³/mol. The maximum Gasteiger partial charge on any atom is 0.0434 e. The summed E-state index contributed by atoms with van der Waals surface area (Å²) in [6.45, 7) is 4.51. The van der Waals surface area contributed by atoms with Crippen LogP contribution < -0.4 is 24.8 Å². The largest absolute Gasteiger partial charge is 1.00 e. The molecular weight excluding hydrogens is 418 g/mol. The summed E-state index contributed by atoms with van der Waals surface area (Å²) in [4.78, 5) is 0. The maximum absolute atomic E-state index is 9.00. The van der Waals surface area contributed by atoms with E-state index in [1.54, 1.807) is 24.2 Å². The van der Waals surface area contributed by atoms with E-state index in [4.69, 9.17) is 5.11 Å². The van der Waals surface area contributed by atoms with E-state index in [0.717, 1.165) is 12.8 Å². The van der Waals surface area contributed by atoms with Crippen LogP contribution in [-0.2, 0) is 24.2 Å². The molecule has 128 valence electrons. The molecular formula is C20H23Cl2OZr-. The summed E-state index contributed by atoms with van der Waals surface area (Å²) >= 11 is 1.55. The molecule has 1 N–H and O–H groups in total. The molecule has 0 fully saturated rings. The molecule has 0 spiro atoms. The first-order valence-corrected chi connectivity index (χ1v) is 9.00. The molecule has 0 radical (unpaired) electrons. The normalized spacial score (nSPS) is 14.4. The van der Waals surface area contributed by atoms with Gasteiger partial charge in [-0.2, -0.15) is 12.1 Å². The second kappa shape index (κ2) is 12.0. The molecule has 1 aliphatic carbocycles. The number of benzene rings is 1. The van der Waals surface area contributed by atoms with E-state index in [0.29, 0.717) is 5.92 Å². The molecule has 1 unspecified atom stereocenters. The van der Waals surface area contributed by atoms with Crippen LogP contribution in [0, 0.1) is 0 Å². The maximum atomic E-state index is 9.00. The van der Waals surface area contributed by atoms with Gasteiger partial charge in [0.25, 0.3) is 0 Å². The standard InChI is InChI=1S/C17H17O.C3H6.2ClH.Zr/c18-11-5-8-14-12-17(13-6-1-2-7-13)16-10-4-3-9-15(14)16;1-3-2;;;/h1-4,6-7,9-10,12,17-18H,5,8,11H2;1-2H3;2*1H;/q-1;;;;+2/p-2. The molecule has 0 saturated carbocycles. The first kappa shape index (κ1) is 23.6. The van der Waals surface area contributed by atoms with Crippen molar-refractivity contribution in [2.45, 2.75) is 32.6 Å². The van der Waals surface area contributed by atoms with Gasteiger partial charge in [0.2, 0.25) is 0 Å². The molecule has 3 rings (SSSR count). The SMILES string of the molecule is C[C](C)=[Zr+2].OCCCC1=CC([c-]2cccc2)c2ccccc21.[Cl-].[Cl-]. The minimum absolute atomic E-state index is 0. The monoisotopic (exact) mass is 439 g/mol. The third kappa shape index (κ3) is 6.49. The molecule has 0 aromatic heterocycles. The molecule has 2 aromatic carbocycles. The van der Waals surface area contributed by atoms with E-state index in [1.165, 1.54) is 25.5 Å². The van der Waals surface area contributed by atoms with Gasteiger partial charge in [-0.3, -0.25) is 0 Å². The molecule has 0 amide bonds. The Kier molecular flexibility index (Phi) is 11.8. The van der Waals surface area contributed by atoms with Crippen molar-refractivity contribution in [1.82, 2.24) is 0 Å². The quantitative estimate of drug-likeness (QED) is 0.571. The Balaban J connectivity index is 0.000000801. The van der Waals surface area contributed by atoms with Gasteiger partial charge in [-0.15, -0.1) is 5.56 Å². The second-order valence-electron chi connectivity index (χ2n) is 5.80. The van der Waals surface area contributed by atoms with Crippen molar-refractivity contribution in [1.29, 1.82) is 0 Å². The van der Waals surface area contributed by atoms with Gasteiger partial charge in [-0.25, -0.2) is 12.1 Å². The van der Waals surface area contributed by atoms with Crippen LogP contribution in [0.2, 0.25) is 0 Å². The smallest absolute Gasteiger partial charge is 0.0434 e. The fraction of sp³-hybridized carbons (Fsp3) is 0.300. The van der Waals surface area contributed by atoms with E-state index in [2.05, 4.69) is 68.5 Å². The van der Waals surface area contributed by atoms with Crippen molar-refractivity contribution in [3.8, 4) is 0 Å². The number of allylic oxidation sites excluding steroid dienone is 2. The molecule has 1 atom stereocenters. The van der Waals surface area contributed by atoms with Crippen LogP contribution in [0.4, 0.5) is 0 Å². The molecule has 1 nitrogen and oxygen atoms in total. The number of fused-ring (bicyclic) bond motifs is 1. The number of hydrogen-bond donors (Lipinski definition) is 1. The van der Waals surface area contributed by atoms with Crippen LogP contribution in [0.3, 0.4) is 0 Å². The average molecular weight is 442 g/mol. The number of aliphatic hydroxyl groups excluding tert-OH is 1. The Hall–Kier alpha value is -0.397. The van der Waals surface area contributed by atoms with Crippen molar-refractivity contribution >= 4 is 8.78 Å². The minimum atomic E-state index is 0. The Morgan fingerprint density at radius 2 is 1.67 bits per heavy atom. The Bertz CT molecular complexity index is 643. The van der Waals surface area contributed by atoms with E-state index in [-0.39, 0.29) is 31.4 Å². The van der Waals surface area contributed by atoms with Crippen LogP contribution in [0.15, 0.2) is 54.6 Å². The summed E-state index contributed by atoms with van der Waals surface area (Å²) < 4.78 is 1.51. The third-order valence-corrected chi connectivity index (χ3v) is 3.66. The van der Waals surface area contributed by atoms with Crippen LogP contribution >= 0.6 is 0 Å². The van der Waals surface area contributed by atoms with Gasteiger partial charge in [0.15, 0.2) is 0 Å². The Labute approximate surface area is 172 Å². The average Bonchev–Trinajstić information content (AvgIpc) is 3.12. The molecule has 2 aromatic rings. The summed E-state index contributed by atoms with van der Waals surface area (Å²) in [6.07, 6.45) is 4.16. The van der Waals surface area contributed by atoms with Crippen LogP contribution in [0.1, 0.15) is 49.3 Å². The first-order valence-electron chi connectivity index (χ1n) is 7.77. The summed E-state index contributed by atoms with van der Waals surface area (Å²) in [7, 11) is 0. The molecule has 0 heterocycles. The van der Waals surface area contributed by atoms with Gasteiger partial charge >= 0.3 is 41.3 Å². The molecule has 24 heavy (non-hydrogen) atoms. The zero-order chi connectivity index (χ0) is 15.9. The van der Waals surface area contributed by atoms with Gasteiger partial charge < -0.3 is 29.9 Å². The Morgan fingerprint density at radius 3 is 2.25 bits per heavy atom. The zero-order valence-electron chi connectivity index (χ0n) is 14.1. The van der Waals surface area contributed by atoms with Gasteiger partial charge in [-0.05, 0) is 35.5 Å². The van der Waals surface area contributed by atoms with Crippen molar-refractivity contribution in [2.75, 3.05) is 6.61 Å². The van der Waals surface area contributed by atoms with Crippen molar-refractivity contribution < 1.29 is 54.2 Å². The molecule has 0 bridgehead atoms. The summed E-state index contributed by atoms with van der Waals surface area (Å²) in [6, 6.07) is 17.2. The third-order valence-electron chi connectivity index (χ3n) is 3.66. The van der Waals surface area contributed by atoms with Gasteiger partial charge in [0.05, 0.1) is 0 Å². The molecule has 1 aliphatic rings. The fourth-order valence-corrected chi connectivity index (χ4v) is 2.80. The van der Waals surface area contributed by atoms with E-state index >= 15 is 0 Å². The molecule has 0 saturated heterocycles. The van der Waals surface area contributed by atoms with Crippen LogP contribution in [0.25, 0.3) is 5.57 Å². The topological polar surface area (TPSA) is 20.2 Å². The predicted octanol–water partition coefficient (Wildman–Crippen LogP) is -1.54. The van der Waals surface area contributed by atoms with E-state index < -0.39 is 0 Å². The van der Waals surface area contributed by atoms with Crippen molar-refractivity contribution in [3.63, 3.8) is 0 Å². The number of hydrogen-bond acceptors (Lipinski definition) is 1. The summed E-state index contributed by atoms with van der Waals surface area (Å²) in [5, 5.41) is 9.00. The van der Waals surface area contributed by atoms with Gasteiger partial charge in [0.1, 0.15) is 0 Å².